The van der Waals surface area contributed by atoms with Crippen molar-refractivity contribution >= 4 is 21.6 Å². The van der Waals surface area contributed by atoms with E-state index in [0.29, 0.717) is 16.4 Å². The highest BCUT2D eigenvalue weighted by atomic mass is 79.9. The molecule has 6 heteroatoms. The van der Waals surface area contributed by atoms with E-state index in [1.165, 1.54) is 12.8 Å². The van der Waals surface area contributed by atoms with Crippen LogP contribution in [0.25, 0.3) is 0 Å². The molecule has 1 heterocycles. The summed E-state index contributed by atoms with van der Waals surface area (Å²) in [5.41, 5.74) is 0.735. The third-order valence-electron chi connectivity index (χ3n) is 3.77. The Bertz CT molecular complexity index is 510. The summed E-state index contributed by atoms with van der Waals surface area (Å²) in [6, 6.07) is 0.518. The largest absolute Gasteiger partial charge is 0.381 e. The highest BCUT2D eigenvalue weighted by Gasteiger charge is 2.23. The standard InChI is InChI=1S/C14H23BrN4O/c1-10(2)18(3)7-6-16-12-8-17-19(9-11-4-5-11)14(20)13(12)15/h8,10-11,16H,4-7,9H2,1-3H3. The van der Waals surface area contributed by atoms with Crippen molar-refractivity contribution < 1.29 is 0 Å². The van der Waals surface area contributed by atoms with Crippen LogP contribution in [0.5, 0.6) is 0 Å². The van der Waals surface area contributed by atoms with Crippen LogP contribution in [0, 0.1) is 5.92 Å². The molecule has 0 radical (unpaired) electrons. The molecule has 1 saturated carbocycles. The first-order valence-electron chi connectivity index (χ1n) is 7.18. The number of aromatic nitrogens is 2. The van der Waals surface area contributed by atoms with Gasteiger partial charge in [-0.05, 0) is 55.6 Å². The minimum Gasteiger partial charge on any atom is -0.381 e. The summed E-state index contributed by atoms with van der Waals surface area (Å²) >= 11 is 3.39. The Labute approximate surface area is 128 Å². The summed E-state index contributed by atoms with van der Waals surface area (Å²) in [6.07, 6.45) is 4.17. The Morgan fingerprint density at radius 1 is 1.55 bits per heavy atom. The second-order valence-corrected chi connectivity index (χ2v) is 6.60. The molecule has 0 aromatic carbocycles. The zero-order chi connectivity index (χ0) is 14.7. The first-order valence-corrected chi connectivity index (χ1v) is 7.98. The van der Waals surface area contributed by atoms with Crippen LogP contribution in [0.2, 0.25) is 0 Å². The molecule has 1 N–H and O–H groups in total. The normalized spacial score (nSPS) is 15.1. The van der Waals surface area contributed by atoms with Crippen LogP contribution in [-0.2, 0) is 6.54 Å². The van der Waals surface area contributed by atoms with Crippen molar-refractivity contribution in [1.82, 2.24) is 14.7 Å². The first-order chi connectivity index (χ1) is 9.49. The number of nitrogens with one attached hydrogen (secondary N) is 1. The summed E-state index contributed by atoms with van der Waals surface area (Å²) in [4.78, 5) is 14.4. The van der Waals surface area contributed by atoms with Crippen LogP contribution in [0.15, 0.2) is 15.5 Å². The molecule has 2 rings (SSSR count). The average Bonchev–Trinajstić information content (AvgIpc) is 3.21. The van der Waals surface area contributed by atoms with Gasteiger partial charge in [-0.1, -0.05) is 0 Å². The van der Waals surface area contributed by atoms with Gasteiger partial charge in [0.05, 0.1) is 11.9 Å². The molecule has 1 aliphatic rings. The fourth-order valence-corrected chi connectivity index (χ4v) is 2.34. The lowest BCUT2D eigenvalue weighted by Gasteiger charge is -2.21. The van der Waals surface area contributed by atoms with Gasteiger partial charge in [0, 0.05) is 25.7 Å². The SMILES string of the molecule is CC(C)N(C)CCNc1cnn(CC2CC2)c(=O)c1Br. The number of hydrogen-bond acceptors (Lipinski definition) is 4. The molecular formula is C14H23BrN4O. The molecule has 1 aliphatic carbocycles. The van der Waals surface area contributed by atoms with Crippen molar-refractivity contribution in [1.29, 1.82) is 0 Å². The third-order valence-corrected chi connectivity index (χ3v) is 4.54. The van der Waals surface area contributed by atoms with Crippen LogP contribution in [0.4, 0.5) is 5.69 Å². The van der Waals surface area contributed by atoms with Gasteiger partial charge >= 0.3 is 0 Å². The van der Waals surface area contributed by atoms with Crippen LogP contribution in [0.1, 0.15) is 26.7 Å². The summed E-state index contributed by atoms with van der Waals surface area (Å²) < 4.78 is 2.15. The Balaban J connectivity index is 1.94. The maximum atomic E-state index is 12.2. The number of anilines is 1. The lowest BCUT2D eigenvalue weighted by Crippen LogP contribution is -2.31. The van der Waals surface area contributed by atoms with Crippen molar-refractivity contribution in [2.24, 2.45) is 5.92 Å². The topological polar surface area (TPSA) is 50.2 Å². The van der Waals surface area contributed by atoms with Crippen molar-refractivity contribution in [3.63, 3.8) is 0 Å². The molecule has 0 unspecified atom stereocenters. The predicted molar refractivity (Wildman–Crippen MR) is 85.2 cm³/mol. The molecule has 1 aromatic heterocycles. The molecule has 0 aliphatic heterocycles. The summed E-state index contributed by atoms with van der Waals surface area (Å²) in [5.74, 6) is 0.644. The van der Waals surface area contributed by atoms with Gasteiger partial charge in [0.15, 0.2) is 0 Å². The maximum Gasteiger partial charge on any atom is 0.283 e. The van der Waals surface area contributed by atoms with Crippen molar-refractivity contribution in [2.75, 3.05) is 25.5 Å². The molecule has 112 valence electrons. The van der Waals surface area contributed by atoms with E-state index >= 15 is 0 Å². The van der Waals surface area contributed by atoms with E-state index in [1.807, 2.05) is 0 Å². The maximum absolute atomic E-state index is 12.2. The van der Waals surface area contributed by atoms with Gasteiger partial charge in [0.2, 0.25) is 0 Å². The van der Waals surface area contributed by atoms with E-state index in [9.17, 15) is 4.79 Å². The molecule has 0 atom stereocenters. The molecule has 0 spiro atoms. The van der Waals surface area contributed by atoms with Crippen molar-refractivity contribution in [2.45, 2.75) is 39.3 Å². The van der Waals surface area contributed by atoms with Gasteiger partial charge in [0.25, 0.3) is 5.56 Å². The molecule has 5 nitrogen and oxygen atoms in total. The van der Waals surface area contributed by atoms with Crippen molar-refractivity contribution in [3.8, 4) is 0 Å². The van der Waals surface area contributed by atoms with Crippen LogP contribution >= 0.6 is 15.9 Å². The number of rotatable bonds is 7. The van der Waals surface area contributed by atoms with E-state index < -0.39 is 0 Å². The number of hydrogen-bond donors (Lipinski definition) is 1. The zero-order valence-electron chi connectivity index (χ0n) is 12.4. The molecule has 0 saturated heterocycles. The van der Waals surface area contributed by atoms with Gasteiger partial charge in [-0.25, -0.2) is 4.68 Å². The van der Waals surface area contributed by atoms with E-state index in [4.69, 9.17) is 0 Å². The first kappa shape index (κ1) is 15.5. The van der Waals surface area contributed by atoms with Gasteiger partial charge in [-0.15, -0.1) is 0 Å². The van der Waals surface area contributed by atoms with E-state index in [2.05, 4.69) is 52.1 Å². The Kier molecular flexibility index (Phi) is 5.21. The quantitative estimate of drug-likeness (QED) is 0.824. The molecule has 20 heavy (non-hydrogen) atoms. The highest BCUT2D eigenvalue weighted by molar-refractivity contribution is 9.10. The summed E-state index contributed by atoms with van der Waals surface area (Å²) in [5, 5.41) is 7.52. The molecule has 0 amide bonds. The molecular weight excluding hydrogens is 320 g/mol. The Hall–Kier alpha value is -0.880. The average molecular weight is 343 g/mol. The second-order valence-electron chi connectivity index (χ2n) is 5.80. The van der Waals surface area contributed by atoms with Gasteiger partial charge in [0.1, 0.15) is 4.47 Å². The van der Waals surface area contributed by atoms with Crippen LogP contribution in [0.3, 0.4) is 0 Å². The fourth-order valence-electron chi connectivity index (χ4n) is 1.89. The van der Waals surface area contributed by atoms with E-state index in [1.54, 1.807) is 10.9 Å². The minimum atomic E-state index is -0.0425. The number of halogens is 1. The number of likely N-dealkylation sites (N-methyl/N-ethyl adjacent to an activating group) is 1. The summed E-state index contributed by atoms with van der Waals surface area (Å²) in [7, 11) is 2.09. The molecule has 0 bridgehead atoms. The van der Waals surface area contributed by atoms with E-state index in [-0.39, 0.29) is 5.56 Å². The fraction of sp³-hybridized carbons (Fsp3) is 0.714. The summed E-state index contributed by atoms with van der Waals surface area (Å²) in [6.45, 7) is 6.79. The lowest BCUT2D eigenvalue weighted by molar-refractivity contribution is 0.284. The Morgan fingerprint density at radius 2 is 2.25 bits per heavy atom. The Morgan fingerprint density at radius 3 is 2.85 bits per heavy atom. The smallest absolute Gasteiger partial charge is 0.283 e. The van der Waals surface area contributed by atoms with Crippen LogP contribution < -0.4 is 10.9 Å². The third kappa shape index (κ3) is 4.06. The predicted octanol–water partition coefficient (Wildman–Crippen LogP) is 2.17. The lowest BCUT2D eigenvalue weighted by atomic mass is 10.3. The second kappa shape index (κ2) is 6.72. The highest BCUT2D eigenvalue weighted by Crippen LogP contribution is 2.30. The van der Waals surface area contributed by atoms with E-state index in [0.717, 1.165) is 25.3 Å². The van der Waals surface area contributed by atoms with Crippen LogP contribution in [-0.4, -0.2) is 40.9 Å². The monoisotopic (exact) mass is 342 g/mol. The van der Waals surface area contributed by atoms with Gasteiger partial charge < -0.3 is 10.2 Å². The minimum absolute atomic E-state index is 0.0425. The molecule has 1 fully saturated rings. The number of nitrogens with zero attached hydrogens (tertiary/aromatic N) is 3. The zero-order valence-corrected chi connectivity index (χ0v) is 14.0. The van der Waals surface area contributed by atoms with Gasteiger partial charge in [-0.3, -0.25) is 4.79 Å². The molecule has 1 aromatic rings. The van der Waals surface area contributed by atoms with Gasteiger partial charge in [-0.2, -0.15) is 5.10 Å². The van der Waals surface area contributed by atoms with Crippen molar-refractivity contribution in [3.05, 3.63) is 21.0 Å².